The number of ether oxygens (including phenoxy) is 1. The molecule has 32 heavy (non-hydrogen) atoms. The lowest BCUT2D eigenvalue weighted by atomic mass is 10.0. The number of esters is 1. The van der Waals surface area contributed by atoms with Crippen LogP contribution in [0.2, 0.25) is 5.02 Å². The van der Waals surface area contributed by atoms with Gasteiger partial charge in [-0.1, -0.05) is 35.9 Å². The molecule has 1 unspecified atom stereocenters. The number of nitrogens with zero attached hydrogens (tertiary/aromatic N) is 3. The number of non-ortho nitro benzene ring substituents is 1. The molecule has 1 heterocycles. The zero-order chi connectivity index (χ0) is 23.1. The van der Waals surface area contributed by atoms with Gasteiger partial charge in [0, 0.05) is 49.4 Å². The van der Waals surface area contributed by atoms with Crippen LogP contribution in [0.3, 0.4) is 0 Å². The van der Waals surface area contributed by atoms with E-state index in [1.165, 1.54) is 18.2 Å². The van der Waals surface area contributed by atoms with Crippen LogP contribution in [0.4, 0.5) is 5.69 Å². The van der Waals surface area contributed by atoms with Gasteiger partial charge >= 0.3 is 5.97 Å². The minimum Gasteiger partial charge on any atom is -0.465 e. The molecule has 9 heteroatoms. The zero-order valence-electron chi connectivity index (χ0n) is 17.6. The van der Waals surface area contributed by atoms with Gasteiger partial charge in [-0.05, 0) is 36.3 Å². The maximum atomic E-state index is 12.6. The van der Waals surface area contributed by atoms with Gasteiger partial charge in [0.2, 0.25) is 5.91 Å². The number of benzene rings is 2. The molecule has 1 saturated heterocycles. The van der Waals surface area contributed by atoms with E-state index in [1.54, 1.807) is 42.2 Å². The van der Waals surface area contributed by atoms with Crippen molar-refractivity contribution in [2.45, 2.75) is 13.0 Å². The Balaban J connectivity index is 1.65. The van der Waals surface area contributed by atoms with Crippen LogP contribution in [-0.2, 0) is 14.3 Å². The Morgan fingerprint density at radius 3 is 2.47 bits per heavy atom. The molecule has 0 saturated carbocycles. The Labute approximate surface area is 191 Å². The summed E-state index contributed by atoms with van der Waals surface area (Å²) in [5.74, 6) is -0.518. The maximum Gasteiger partial charge on any atom is 0.328 e. The number of amides is 1. The minimum atomic E-state index is -0.565. The summed E-state index contributed by atoms with van der Waals surface area (Å²) in [6.07, 6.45) is 2.98. The molecule has 1 atom stereocenters. The highest BCUT2D eigenvalue weighted by atomic mass is 35.5. The van der Waals surface area contributed by atoms with Crippen molar-refractivity contribution in [3.8, 4) is 0 Å². The second-order valence-electron chi connectivity index (χ2n) is 7.25. The van der Waals surface area contributed by atoms with E-state index in [1.807, 2.05) is 17.0 Å². The number of rotatable bonds is 7. The Bertz CT molecular complexity index is 1000. The van der Waals surface area contributed by atoms with E-state index in [4.69, 9.17) is 16.3 Å². The summed E-state index contributed by atoms with van der Waals surface area (Å²) in [6, 6.07) is 12.6. The van der Waals surface area contributed by atoms with Gasteiger partial charge in [-0.2, -0.15) is 0 Å². The Morgan fingerprint density at radius 2 is 1.84 bits per heavy atom. The first-order valence-corrected chi connectivity index (χ1v) is 10.6. The number of nitro groups is 1. The molecule has 0 aliphatic carbocycles. The van der Waals surface area contributed by atoms with Crippen molar-refractivity contribution in [2.24, 2.45) is 0 Å². The van der Waals surface area contributed by atoms with Gasteiger partial charge in [0.05, 0.1) is 11.5 Å². The molecule has 0 bridgehead atoms. The third-order valence-corrected chi connectivity index (χ3v) is 5.44. The predicted molar refractivity (Wildman–Crippen MR) is 121 cm³/mol. The molecule has 1 fully saturated rings. The molecule has 3 rings (SSSR count). The number of halogens is 1. The van der Waals surface area contributed by atoms with Crippen LogP contribution in [0.1, 0.15) is 24.1 Å². The summed E-state index contributed by atoms with van der Waals surface area (Å²) in [6.45, 7) is 3.94. The average Bonchev–Trinajstić information content (AvgIpc) is 2.80. The SMILES string of the molecule is CCOC(=O)C(c1ccc(Cl)cc1)N1CCN(C(=O)/C=C/c2cccc([N+](=O)[O-])c2)CC1. The molecular formula is C23H24ClN3O5. The lowest BCUT2D eigenvalue weighted by Gasteiger charge is -2.38. The molecule has 0 spiro atoms. The molecule has 0 radical (unpaired) electrons. The molecule has 168 valence electrons. The highest BCUT2D eigenvalue weighted by Gasteiger charge is 2.32. The molecule has 1 aliphatic heterocycles. The van der Waals surface area contributed by atoms with Gasteiger partial charge in [0.1, 0.15) is 6.04 Å². The third kappa shape index (κ3) is 5.93. The quantitative estimate of drug-likeness (QED) is 0.272. The molecule has 0 aromatic heterocycles. The van der Waals surface area contributed by atoms with E-state index in [-0.39, 0.29) is 24.2 Å². The molecular weight excluding hydrogens is 434 g/mol. The van der Waals surface area contributed by atoms with Crippen molar-refractivity contribution in [3.63, 3.8) is 0 Å². The Kier molecular flexibility index (Phi) is 7.97. The standard InChI is InChI=1S/C23H24ClN3O5/c1-2-32-23(29)22(18-7-9-19(24)10-8-18)26-14-12-25(13-15-26)21(28)11-6-17-4-3-5-20(16-17)27(30)31/h3-11,16,22H,2,12-15H2,1H3/b11-6+. The molecule has 1 amide bonds. The third-order valence-electron chi connectivity index (χ3n) is 5.19. The smallest absolute Gasteiger partial charge is 0.328 e. The van der Waals surface area contributed by atoms with Gasteiger partial charge in [-0.15, -0.1) is 0 Å². The van der Waals surface area contributed by atoms with Crippen LogP contribution in [-0.4, -0.2) is 59.4 Å². The van der Waals surface area contributed by atoms with Gasteiger partial charge in [0.15, 0.2) is 0 Å². The van der Waals surface area contributed by atoms with Crippen LogP contribution in [0, 0.1) is 10.1 Å². The van der Waals surface area contributed by atoms with Crippen molar-refractivity contribution < 1.29 is 19.2 Å². The van der Waals surface area contributed by atoms with Crippen LogP contribution in [0.5, 0.6) is 0 Å². The lowest BCUT2D eigenvalue weighted by Crippen LogP contribution is -2.50. The van der Waals surface area contributed by atoms with Crippen LogP contribution >= 0.6 is 11.6 Å². The highest BCUT2D eigenvalue weighted by molar-refractivity contribution is 6.30. The fourth-order valence-electron chi connectivity index (χ4n) is 3.58. The van der Waals surface area contributed by atoms with Crippen LogP contribution < -0.4 is 0 Å². The summed E-state index contributed by atoms with van der Waals surface area (Å²) in [4.78, 5) is 39.3. The van der Waals surface area contributed by atoms with E-state index >= 15 is 0 Å². The van der Waals surface area contributed by atoms with Crippen LogP contribution in [0.15, 0.2) is 54.6 Å². The van der Waals surface area contributed by atoms with E-state index in [9.17, 15) is 19.7 Å². The van der Waals surface area contributed by atoms with E-state index in [0.717, 1.165) is 5.56 Å². The number of hydrogen-bond acceptors (Lipinski definition) is 6. The first kappa shape index (κ1) is 23.4. The fourth-order valence-corrected chi connectivity index (χ4v) is 3.70. The van der Waals surface area contributed by atoms with Gasteiger partial charge in [-0.25, -0.2) is 4.79 Å². The van der Waals surface area contributed by atoms with Crippen molar-refractivity contribution >= 4 is 35.2 Å². The summed E-state index contributed by atoms with van der Waals surface area (Å²) in [7, 11) is 0. The summed E-state index contributed by atoms with van der Waals surface area (Å²) < 4.78 is 5.28. The monoisotopic (exact) mass is 457 g/mol. The molecule has 8 nitrogen and oxygen atoms in total. The molecule has 0 N–H and O–H groups in total. The minimum absolute atomic E-state index is 0.0274. The zero-order valence-corrected chi connectivity index (χ0v) is 18.4. The maximum absolute atomic E-state index is 12.6. The van der Waals surface area contributed by atoms with E-state index < -0.39 is 11.0 Å². The Hall–Kier alpha value is -3.23. The number of carbonyl (C=O) groups is 2. The van der Waals surface area contributed by atoms with Crippen molar-refractivity contribution in [1.29, 1.82) is 0 Å². The number of carbonyl (C=O) groups excluding carboxylic acids is 2. The summed E-state index contributed by atoms with van der Waals surface area (Å²) in [5, 5.41) is 11.5. The Morgan fingerprint density at radius 1 is 1.16 bits per heavy atom. The molecule has 1 aliphatic rings. The predicted octanol–water partition coefficient (Wildman–Crippen LogP) is 3.71. The van der Waals surface area contributed by atoms with E-state index in [2.05, 4.69) is 0 Å². The van der Waals surface area contributed by atoms with Crippen molar-refractivity contribution in [1.82, 2.24) is 9.80 Å². The number of nitro benzene ring substituents is 1. The largest absolute Gasteiger partial charge is 0.465 e. The van der Waals surface area contributed by atoms with Gasteiger partial charge in [-0.3, -0.25) is 19.8 Å². The average molecular weight is 458 g/mol. The second-order valence-corrected chi connectivity index (χ2v) is 7.69. The first-order chi connectivity index (χ1) is 15.4. The highest BCUT2D eigenvalue weighted by Crippen LogP contribution is 2.25. The number of piperazine rings is 1. The fraction of sp³-hybridized carbons (Fsp3) is 0.304. The molecule has 2 aromatic carbocycles. The van der Waals surface area contributed by atoms with Gasteiger partial charge < -0.3 is 9.64 Å². The summed E-state index contributed by atoms with van der Waals surface area (Å²) >= 11 is 5.98. The van der Waals surface area contributed by atoms with Crippen molar-refractivity contribution in [2.75, 3.05) is 32.8 Å². The van der Waals surface area contributed by atoms with E-state index in [0.29, 0.717) is 36.8 Å². The summed E-state index contributed by atoms with van der Waals surface area (Å²) in [5.41, 5.74) is 1.34. The topological polar surface area (TPSA) is 93.0 Å². The first-order valence-electron chi connectivity index (χ1n) is 10.3. The second kappa shape index (κ2) is 10.9. The lowest BCUT2D eigenvalue weighted by molar-refractivity contribution is -0.384. The van der Waals surface area contributed by atoms with Crippen LogP contribution in [0.25, 0.3) is 6.08 Å². The van der Waals surface area contributed by atoms with Crippen molar-refractivity contribution in [3.05, 3.63) is 80.9 Å². The normalized spacial score (nSPS) is 15.5. The van der Waals surface area contributed by atoms with Gasteiger partial charge in [0.25, 0.3) is 5.69 Å². The molecule has 2 aromatic rings. The number of hydrogen-bond donors (Lipinski definition) is 0.